The molecule has 1 aromatic carbocycles. The smallest absolute Gasteiger partial charge is 0.243 e. The Balaban J connectivity index is 1.64. The van der Waals surface area contributed by atoms with Gasteiger partial charge in [-0.25, -0.2) is 8.42 Å². The first kappa shape index (κ1) is 18.8. The number of aromatic nitrogens is 3. The second-order valence-corrected chi connectivity index (χ2v) is 8.35. The van der Waals surface area contributed by atoms with Gasteiger partial charge in [-0.2, -0.15) is 4.98 Å². The van der Waals surface area contributed by atoms with Gasteiger partial charge in [-0.3, -0.25) is 4.79 Å². The molecule has 0 unspecified atom stereocenters. The number of nitrogens with one attached hydrogen (secondary N) is 1. The lowest BCUT2D eigenvalue weighted by molar-refractivity contribution is -0.115. The number of sulfone groups is 1. The molecule has 0 aliphatic heterocycles. The van der Waals surface area contributed by atoms with Crippen LogP contribution in [0.2, 0.25) is 0 Å². The van der Waals surface area contributed by atoms with E-state index in [1.807, 2.05) is 30.3 Å². The van der Waals surface area contributed by atoms with Gasteiger partial charge in [-0.1, -0.05) is 40.6 Å². The predicted molar refractivity (Wildman–Crippen MR) is 95.5 cm³/mol. The summed E-state index contributed by atoms with van der Waals surface area (Å²) in [4.78, 5) is 16.3. The van der Waals surface area contributed by atoms with Crippen LogP contribution in [0.1, 0.15) is 30.0 Å². The Morgan fingerprint density at radius 3 is 2.59 bits per heavy atom. The maximum Gasteiger partial charge on any atom is 0.243 e. The van der Waals surface area contributed by atoms with Crippen LogP contribution in [0.25, 0.3) is 0 Å². The van der Waals surface area contributed by atoms with E-state index in [1.165, 1.54) is 13.0 Å². The third-order valence-electron chi connectivity index (χ3n) is 3.83. The number of aryl methyl sites for hydroxylation is 1. The summed E-state index contributed by atoms with van der Waals surface area (Å²) in [6.07, 6.45) is 0.423. The Bertz CT molecular complexity index is 1030. The molecule has 9 nitrogen and oxygen atoms in total. The van der Waals surface area contributed by atoms with Gasteiger partial charge in [-0.05, 0) is 19.4 Å². The number of carbonyl (C=O) groups excluding carboxylic acids is 1. The standard InChI is InChI=1S/C17H18N4O5S/c1-11-8-14(20-25-11)19-17(22)12(2)27(23,24)10-16-18-15(21-26-16)9-13-6-4-3-5-7-13/h3-8,12H,9-10H2,1-2H3,(H,19,20,22)/t12-/m0/s1. The van der Waals surface area contributed by atoms with Crippen molar-refractivity contribution < 1.29 is 22.3 Å². The number of benzene rings is 1. The number of anilines is 1. The van der Waals surface area contributed by atoms with Gasteiger partial charge in [0.05, 0.1) is 0 Å². The van der Waals surface area contributed by atoms with E-state index in [0.717, 1.165) is 5.56 Å². The van der Waals surface area contributed by atoms with E-state index < -0.39 is 26.7 Å². The van der Waals surface area contributed by atoms with Crippen molar-refractivity contribution in [2.24, 2.45) is 0 Å². The van der Waals surface area contributed by atoms with E-state index in [0.29, 0.717) is 18.0 Å². The zero-order chi connectivity index (χ0) is 19.4. The summed E-state index contributed by atoms with van der Waals surface area (Å²) in [5.41, 5.74) is 0.975. The molecule has 0 fully saturated rings. The number of hydrogen-bond donors (Lipinski definition) is 1. The third kappa shape index (κ3) is 4.79. The van der Waals surface area contributed by atoms with Crippen LogP contribution in [0.15, 0.2) is 45.4 Å². The molecule has 10 heteroatoms. The molecule has 2 heterocycles. The fourth-order valence-electron chi connectivity index (χ4n) is 2.31. The van der Waals surface area contributed by atoms with Crippen LogP contribution in [0.4, 0.5) is 5.82 Å². The van der Waals surface area contributed by atoms with E-state index in [2.05, 4.69) is 20.6 Å². The van der Waals surface area contributed by atoms with Crippen molar-refractivity contribution in [3.8, 4) is 0 Å². The third-order valence-corrected chi connectivity index (χ3v) is 5.77. The minimum Gasteiger partial charge on any atom is -0.360 e. The zero-order valence-corrected chi connectivity index (χ0v) is 15.6. The first-order valence-electron chi connectivity index (χ1n) is 8.14. The highest BCUT2D eigenvalue weighted by Crippen LogP contribution is 2.14. The Labute approximate surface area is 155 Å². The number of nitrogens with zero attached hydrogens (tertiary/aromatic N) is 3. The van der Waals surface area contributed by atoms with E-state index >= 15 is 0 Å². The molecular weight excluding hydrogens is 372 g/mol. The molecule has 0 aliphatic rings. The zero-order valence-electron chi connectivity index (χ0n) is 14.7. The molecule has 0 radical (unpaired) electrons. The fourth-order valence-corrected chi connectivity index (χ4v) is 3.41. The molecule has 0 aliphatic carbocycles. The van der Waals surface area contributed by atoms with Gasteiger partial charge in [0.25, 0.3) is 0 Å². The van der Waals surface area contributed by atoms with Gasteiger partial charge in [0.2, 0.25) is 11.8 Å². The van der Waals surface area contributed by atoms with Gasteiger partial charge >= 0.3 is 0 Å². The molecule has 1 amide bonds. The molecular formula is C17H18N4O5S. The number of hydrogen-bond acceptors (Lipinski definition) is 8. The van der Waals surface area contributed by atoms with Crippen molar-refractivity contribution in [1.29, 1.82) is 0 Å². The minimum absolute atomic E-state index is 0.0575. The molecule has 142 valence electrons. The summed E-state index contributed by atoms with van der Waals surface area (Å²) in [6.45, 7) is 2.95. The van der Waals surface area contributed by atoms with E-state index in [4.69, 9.17) is 9.05 Å². The topological polar surface area (TPSA) is 128 Å². The Morgan fingerprint density at radius 2 is 1.93 bits per heavy atom. The first-order valence-corrected chi connectivity index (χ1v) is 9.86. The molecule has 0 saturated heterocycles. The lowest BCUT2D eigenvalue weighted by atomic mass is 10.1. The maximum atomic E-state index is 12.5. The average Bonchev–Trinajstić information content (AvgIpc) is 3.23. The Morgan fingerprint density at radius 1 is 1.19 bits per heavy atom. The van der Waals surface area contributed by atoms with Crippen molar-refractivity contribution in [3.63, 3.8) is 0 Å². The van der Waals surface area contributed by atoms with Crippen LogP contribution in [-0.2, 0) is 26.8 Å². The molecule has 1 atom stereocenters. The van der Waals surface area contributed by atoms with Gasteiger partial charge in [0, 0.05) is 12.5 Å². The molecule has 0 spiro atoms. The molecule has 2 aromatic heterocycles. The summed E-state index contributed by atoms with van der Waals surface area (Å²) in [6, 6.07) is 11.0. The molecule has 3 rings (SSSR count). The number of amides is 1. The molecule has 3 aromatic rings. The molecule has 0 bridgehead atoms. The lowest BCUT2D eigenvalue weighted by Gasteiger charge is -2.10. The highest BCUT2D eigenvalue weighted by Gasteiger charge is 2.30. The average molecular weight is 390 g/mol. The molecule has 27 heavy (non-hydrogen) atoms. The summed E-state index contributed by atoms with van der Waals surface area (Å²) in [5, 5.41) is 8.48. The first-order chi connectivity index (χ1) is 12.8. The quantitative estimate of drug-likeness (QED) is 0.648. The Kier molecular flexibility index (Phi) is 5.36. The van der Waals surface area contributed by atoms with Crippen LogP contribution in [-0.4, -0.2) is 34.9 Å². The molecule has 0 saturated carbocycles. The van der Waals surface area contributed by atoms with Gasteiger partial charge in [-0.15, -0.1) is 0 Å². The second-order valence-electron chi connectivity index (χ2n) is 6.03. The van der Waals surface area contributed by atoms with Gasteiger partial charge in [0.15, 0.2) is 21.5 Å². The predicted octanol–water partition coefficient (Wildman–Crippen LogP) is 1.90. The summed E-state index contributed by atoms with van der Waals surface area (Å²) >= 11 is 0. The van der Waals surface area contributed by atoms with Crippen molar-refractivity contribution in [2.45, 2.75) is 31.3 Å². The lowest BCUT2D eigenvalue weighted by Crippen LogP contribution is -2.33. The summed E-state index contributed by atoms with van der Waals surface area (Å²) in [7, 11) is -3.85. The van der Waals surface area contributed by atoms with Crippen LogP contribution >= 0.6 is 0 Å². The second kappa shape index (κ2) is 7.70. The highest BCUT2D eigenvalue weighted by atomic mass is 32.2. The maximum absolute atomic E-state index is 12.5. The van der Waals surface area contributed by atoms with Crippen molar-refractivity contribution in [1.82, 2.24) is 15.3 Å². The van der Waals surface area contributed by atoms with Crippen LogP contribution in [0.3, 0.4) is 0 Å². The van der Waals surface area contributed by atoms with E-state index in [1.54, 1.807) is 6.92 Å². The largest absolute Gasteiger partial charge is 0.360 e. The van der Waals surface area contributed by atoms with Crippen LogP contribution < -0.4 is 5.32 Å². The SMILES string of the molecule is Cc1cc(NC(=O)[C@H](C)S(=O)(=O)Cc2nc(Cc3ccccc3)no2)no1. The van der Waals surface area contributed by atoms with Crippen molar-refractivity contribution in [3.05, 3.63) is 59.4 Å². The van der Waals surface area contributed by atoms with Crippen LogP contribution in [0.5, 0.6) is 0 Å². The molecule has 1 N–H and O–H groups in total. The summed E-state index contributed by atoms with van der Waals surface area (Å²) < 4.78 is 34.8. The normalized spacial score (nSPS) is 12.7. The van der Waals surface area contributed by atoms with E-state index in [-0.39, 0.29) is 11.7 Å². The minimum atomic E-state index is -3.85. The van der Waals surface area contributed by atoms with Gasteiger partial charge < -0.3 is 14.4 Å². The van der Waals surface area contributed by atoms with Crippen molar-refractivity contribution in [2.75, 3.05) is 5.32 Å². The fraction of sp³-hybridized carbons (Fsp3) is 0.294. The van der Waals surface area contributed by atoms with Crippen molar-refractivity contribution >= 4 is 21.6 Å². The van der Waals surface area contributed by atoms with Gasteiger partial charge in [0.1, 0.15) is 16.8 Å². The van der Waals surface area contributed by atoms with E-state index in [9.17, 15) is 13.2 Å². The monoisotopic (exact) mass is 390 g/mol. The Hall–Kier alpha value is -3.01. The summed E-state index contributed by atoms with van der Waals surface area (Å²) in [5.74, 6) is -0.270. The van der Waals surface area contributed by atoms with Crippen LogP contribution in [0, 0.1) is 6.92 Å². The number of carbonyl (C=O) groups is 1. The number of rotatable bonds is 7. The highest BCUT2D eigenvalue weighted by molar-refractivity contribution is 7.92.